The molecule has 3 nitrogen and oxygen atoms in total. The van der Waals surface area contributed by atoms with Crippen molar-refractivity contribution >= 4 is 11.3 Å². The maximum absolute atomic E-state index is 4.50. The van der Waals surface area contributed by atoms with Crippen LogP contribution in [-0.2, 0) is 6.54 Å². The van der Waals surface area contributed by atoms with Crippen LogP contribution in [0.3, 0.4) is 0 Å². The average Bonchev–Trinajstić information content (AvgIpc) is 2.74. The SMILES string of the molecule is CNCc1cnc(C2CCCN2C)s1. The summed E-state index contributed by atoms with van der Waals surface area (Å²) >= 11 is 1.84. The van der Waals surface area contributed by atoms with E-state index < -0.39 is 0 Å². The Bertz CT molecular complexity index is 297. The van der Waals surface area contributed by atoms with Crippen LogP contribution in [0.1, 0.15) is 28.8 Å². The Balaban J connectivity index is 2.08. The summed E-state index contributed by atoms with van der Waals surface area (Å²) in [4.78, 5) is 8.24. The molecule has 2 rings (SSSR count). The zero-order valence-corrected chi connectivity index (χ0v) is 9.60. The summed E-state index contributed by atoms with van der Waals surface area (Å²) in [6, 6.07) is 0.575. The molecule has 78 valence electrons. The first kappa shape index (κ1) is 10.1. The normalized spacial score (nSPS) is 23.1. The minimum absolute atomic E-state index is 0.575. The number of hydrogen-bond acceptors (Lipinski definition) is 4. The van der Waals surface area contributed by atoms with Crippen molar-refractivity contribution < 1.29 is 0 Å². The van der Waals surface area contributed by atoms with Crippen molar-refractivity contribution in [1.82, 2.24) is 15.2 Å². The van der Waals surface area contributed by atoms with Crippen LogP contribution in [-0.4, -0.2) is 30.5 Å². The molecule has 1 saturated heterocycles. The molecule has 4 heteroatoms. The third-order valence-electron chi connectivity index (χ3n) is 2.73. The van der Waals surface area contributed by atoms with Gasteiger partial charge in [0.05, 0.1) is 6.04 Å². The van der Waals surface area contributed by atoms with Crippen LogP contribution < -0.4 is 5.32 Å². The molecule has 0 spiro atoms. The van der Waals surface area contributed by atoms with E-state index in [1.165, 1.54) is 29.3 Å². The molecule has 1 atom stereocenters. The summed E-state index contributed by atoms with van der Waals surface area (Å²) in [6.45, 7) is 2.15. The lowest BCUT2D eigenvalue weighted by Crippen LogP contribution is -2.17. The molecule has 14 heavy (non-hydrogen) atoms. The summed E-state index contributed by atoms with van der Waals surface area (Å²) in [5.41, 5.74) is 0. The molecule has 0 saturated carbocycles. The van der Waals surface area contributed by atoms with Crippen molar-refractivity contribution in [2.45, 2.75) is 25.4 Å². The third kappa shape index (κ3) is 1.97. The van der Waals surface area contributed by atoms with Crippen molar-refractivity contribution in [2.24, 2.45) is 0 Å². The molecule has 0 amide bonds. The quantitative estimate of drug-likeness (QED) is 0.823. The van der Waals surface area contributed by atoms with E-state index in [1.807, 2.05) is 24.6 Å². The second kappa shape index (κ2) is 4.38. The first-order valence-electron chi connectivity index (χ1n) is 5.10. The van der Waals surface area contributed by atoms with E-state index in [4.69, 9.17) is 0 Å². The van der Waals surface area contributed by atoms with Crippen molar-refractivity contribution in [2.75, 3.05) is 20.6 Å². The van der Waals surface area contributed by atoms with Crippen molar-refractivity contribution in [3.8, 4) is 0 Å². The van der Waals surface area contributed by atoms with E-state index in [2.05, 4.69) is 22.2 Å². The fraction of sp³-hybridized carbons (Fsp3) is 0.700. The first-order valence-corrected chi connectivity index (χ1v) is 5.92. The Hall–Kier alpha value is -0.450. The van der Waals surface area contributed by atoms with Gasteiger partial charge in [-0.15, -0.1) is 11.3 Å². The average molecular weight is 211 g/mol. The van der Waals surface area contributed by atoms with Crippen LogP contribution in [0.15, 0.2) is 6.20 Å². The zero-order chi connectivity index (χ0) is 9.97. The van der Waals surface area contributed by atoms with Crippen LogP contribution in [0.5, 0.6) is 0 Å². The Morgan fingerprint density at radius 2 is 2.57 bits per heavy atom. The lowest BCUT2D eigenvalue weighted by Gasteiger charge is -2.16. The number of nitrogens with one attached hydrogen (secondary N) is 1. The van der Waals surface area contributed by atoms with Gasteiger partial charge in [0.15, 0.2) is 0 Å². The maximum Gasteiger partial charge on any atom is 0.110 e. The minimum Gasteiger partial charge on any atom is -0.315 e. The molecule has 1 fully saturated rings. The van der Waals surface area contributed by atoms with Gasteiger partial charge in [0.1, 0.15) is 5.01 Å². The molecule has 0 radical (unpaired) electrons. The molecule has 1 aliphatic heterocycles. The van der Waals surface area contributed by atoms with Gasteiger partial charge in [0.2, 0.25) is 0 Å². The monoisotopic (exact) mass is 211 g/mol. The van der Waals surface area contributed by atoms with E-state index in [-0.39, 0.29) is 0 Å². The van der Waals surface area contributed by atoms with E-state index in [0.29, 0.717) is 6.04 Å². The molecule has 1 aromatic rings. The van der Waals surface area contributed by atoms with E-state index in [1.54, 1.807) is 0 Å². The maximum atomic E-state index is 4.50. The fourth-order valence-electron chi connectivity index (χ4n) is 1.95. The van der Waals surface area contributed by atoms with Gasteiger partial charge in [-0.25, -0.2) is 4.98 Å². The molecule has 2 heterocycles. The van der Waals surface area contributed by atoms with Crippen molar-refractivity contribution in [1.29, 1.82) is 0 Å². The number of rotatable bonds is 3. The first-order chi connectivity index (χ1) is 6.81. The molecule has 0 bridgehead atoms. The molecule has 0 aromatic carbocycles. The van der Waals surface area contributed by atoms with E-state index >= 15 is 0 Å². The molecule has 1 aromatic heterocycles. The number of thiazole rings is 1. The Kier molecular flexibility index (Phi) is 3.15. The number of nitrogens with zero attached hydrogens (tertiary/aromatic N) is 2. The Morgan fingerprint density at radius 1 is 1.71 bits per heavy atom. The molecule has 1 aliphatic rings. The van der Waals surface area contributed by atoms with Crippen molar-refractivity contribution in [3.63, 3.8) is 0 Å². The van der Waals surface area contributed by atoms with Crippen LogP contribution in [0, 0.1) is 0 Å². The molecule has 0 aliphatic carbocycles. The highest BCUT2D eigenvalue weighted by atomic mass is 32.1. The van der Waals surface area contributed by atoms with Gasteiger partial charge in [0, 0.05) is 17.6 Å². The van der Waals surface area contributed by atoms with Crippen molar-refractivity contribution in [3.05, 3.63) is 16.1 Å². The highest BCUT2D eigenvalue weighted by Crippen LogP contribution is 2.32. The number of hydrogen-bond donors (Lipinski definition) is 1. The van der Waals surface area contributed by atoms with Crippen LogP contribution in [0.25, 0.3) is 0 Å². The second-order valence-electron chi connectivity index (χ2n) is 3.83. The minimum atomic E-state index is 0.575. The molecular weight excluding hydrogens is 194 g/mol. The molecular formula is C10H17N3S. The number of aromatic nitrogens is 1. The van der Waals surface area contributed by atoms with Crippen LogP contribution in [0.4, 0.5) is 0 Å². The lowest BCUT2D eigenvalue weighted by atomic mass is 10.2. The summed E-state index contributed by atoms with van der Waals surface area (Å²) in [7, 11) is 4.16. The topological polar surface area (TPSA) is 28.2 Å². The highest BCUT2D eigenvalue weighted by molar-refractivity contribution is 7.11. The smallest absolute Gasteiger partial charge is 0.110 e. The van der Waals surface area contributed by atoms with Crippen LogP contribution in [0.2, 0.25) is 0 Å². The summed E-state index contributed by atoms with van der Waals surface area (Å²) in [6.07, 6.45) is 4.58. The number of likely N-dealkylation sites (tertiary alicyclic amines) is 1. The van der Waals surface area contributed by atoms with Gasteiger partial charge in [-0.3, -0.25) is 4.90 Å². The Labute approximate surface area is 89.1 Å². The predicted molar refractivity (Wildman–Crippen MR) is 59.5 cm³/mol. The van der Waals surface area contributed by atoms with Gasteiger partial charge in [-0.2, -0.15) is 0 Å². The van der Waals surface area contributed by atoms with Crippen LogP contribution >= 0.6 is 11.3 Å². The van der Waals surface area contributed by atoms with Gasteiger partial charge >= 0.3 is 0 Å². The van der Waals surface area contributed by atoms with Gasteiger partial charge < -0.3 is 5.32 Å². The summed E-state index contributed by atoms with van der Waals surface area (Å²) in [5, 5.41) is 4.44. The third-order valence-corrected chi connectivity index (χ3v) is 3.83. The molecule has 1 unspecified atom stereocenters. The highest BCUT2D eigenvalue weighted by Gasteiger charge is 2.24. The van der Waals surface area contributed by atoms with E-state index in [0.717, 1.165) is 6.54 Å². The lowest BCUT2D eigenvalue weighted by molar-refractivity contribution is 0.316. The summed E-state index contributed by atoms with van der Waals surface area (Å²) < 4.78 is 0. The molecule has 1 N–H and O–H groups in total. The van der Waals surface area contributed by atoms with Gasteiger partial charge in [-0.1, -0.05) is 0 Å². The summed E-state index contributed by atoms with van der Waals surface area (Å²) in [5.74, 6) is 0. The van der Waals surface area contributed by atoms with Gasteiger partial charge in [0.25, 0.3) is 0 Å². The standard InChI is InChI=1S/C10H17N3S/c1-11-6-8-7-12-10(14-8)9-4-3-5-13(9)2/h7,9,11H,3-6H2,1-2H3. The Morgan fingerprint density at radius 3 is 3.21 bits per heavy atom. The second-order valence-corrected chi connectivity index (χ2v) is 4.98. The van der Waals surface area contributed by atoms with E-state index in [9.17, 15) is 0 Å². The fourth-order valence-corrected chi connectivity index (χ4v) is 3.08. The largest absolute Gasteiger partial charge is 0.315 e. The predicted octanol–water partition coefficient (Wildman–Crippen LogP) is 1.63. The van der Waals surface area contributed by atoms with Gasteiger partial charge in [-0.05, 0) is 33.5 Å². The zero-order valence-electron chi connectivity index (χ0n) is 8.79.